The lowest BCUT2D eigenvalue weighted by molar-refractivity contribution is 0.286. The van der Waals surface area contributed by atoms with E-state index in [-0.39, 0.29) is 11.7 Å². The largest absolute Gasteiger partial charge is 0.490 e. The van der Waals surface area contributed by atoms with Crippen LogP contribution in [-0.4, -0.2) is 6.61 Å². The van der Waals surface area contributed by atoms with Crippen molar-refractivity contribution in [3.8, 4) is 5.75 Å². The SMILES string of the molecule is CCCCOc1ccc(C2CCC(c3ccc(CCC)cc3)CC2)c(F)c1F. The van der Waals surface area contributed by atoms with Crippen molar-refractivity contribution >= 4 is 0 Å². The minimum atomic E-state index is -0.831. The van der Waals surface area contributed by atoms with Crippen molar-refractivity contribution in [2.24, 2.45) is 0 Å². The Morgan fingerprint density at radius 1 is 0.821 bits per heavy atom. The Morgan fingerprint density at radius 3 is 2.14 bits per heavy atom. The van der Waals surface area contributed by atoms with Crippen molar-refractivity contribution in [1.29, 1.82) is 0 Å². The van der Waals surface area contributed by atoms with E-state index in [0.717, 1.165) is 51.4 Å². The van der Waals surface area contributed by atoms with Crippen LogP contribution in [0.4, 0.5) is 8.78 Å². The molecule has 0 bridgehead atoms. The first-order valence-electron chi connectivity index (χ1n) is 10.8. The lowest BCUT2D eigenvalue weighted by Crippen LogP contribution is -2.14. The Labute approximate surface area is 168 Å². The Hall–Kier alpha value is -1.90. The third kappa shape index (κ3) is 4.92. The highest BCUT2D eigenvalue weighted by molar-refractivity contribution is 5.34. The lowest BCUT2D eigenvalue weighted by atomic mass is 9.76. The topological polar surface area (TPSA) is 9.23 Å². The first-order valence-corrected chi connectivity index (χ1v) is 10.8. The van der Waals surface area contributed by atoms with Gasteiger partial charge in [0.15, 0.2) is 11.6 Å². The number of hydrogen-bond donors (Lipinski definition) is 0. The van der Waals surface area contributed by atoms with Gasteiger partial charge in [0.05, 0.1) is 6.61 Å². The van der Waals surface area contributed by atoms with Crippen LogP contribution in [0.25, 0.3) is 0 Å². The third-order valence-corrected chi connectivity index (χ3v) is 5.99. The smallest absolute Gasteiger partial charge is 0.200 e. The fourth-order valence-electron chi connectivity index (χ4n) is 4.28. The predicted molar refractivity (Wildman–Crippen MR) is 111 cm³/mol. The van der Waals surface area contributed by atoms with Crippen LogP contribution < -0.4 is 4.74 Å². The fraction of sp³-hybridized carbons (Fsp3) is 0.520. The van der Waals surface area contributed by atoms with Crippen molar-refractivity contribution in [1.82, 2.24) is 0 Å². The number of rotatable bonds is 8. The average Bonchev–Trinajstić information content (AvgIpc) is 2.72. The van der Waals surface area contributed by atoms with E-state index in [1.807, 2.05) is 6.92 Å². The van der Waals surface area contributed by atoms with Gasteiger partial charge in [-0.1, -0.05) is 57.0 Å². The molecule has 0 unspecified atom stereocenters. The van der Waals surface area contributed by atoms with Crippen LogP contribution in [0.2, 0.25) is 0 Å². The molecule has 0 aliphatic heterocycles. The van der Waals surface area contributed by atoms with E-state index in [2.05, 4.69) is 31.2 Å². The number of ether oxygens (including phenoxy) is 1. The van der Waals surface area contributed by atoms with Crippen molar-refractivity contribution < 1.29 is 13.5 Å². The Bertz CT molecular complexity index is 746. The second kappa shape index (κ2) is 10.0. The molecule has 0 heterocycles. The summed E-state index contributed by atoms with van der Waals surface area (Å²) in [6.07, 6.45) is 7.92. The summed E-state index contributed by atoms with van der Waals surface area (Å²) in [5.41, 5.74) is 3.28. The van der Waals surface area contributed by atoms with Gasteiger partial charge in [0.2, 0.25) is 5.82 Å². The average molecular weight is 387 g/mol. The second-order valence-corrected chi connectivity index (χ2v) is 8.02. The molecule has 1 fully saturated rings. The molecule has 1 nitrogen and oxygen atoms in total. The lowest BCUT2D eigenvalue weighted by Gasteiger charge is -2.29. The number of benzene rings is 2. The molecule has 2 aromatic carbocycles. The quantitative estimate of drug-likeness (QED) is 0.426. The Kier molecular flexibility index (Phi) is 7.47. The van der Waals surface area contributed by atoms with Gasteiger partial charge in [0.25, 0.3) is 0 Å². The molecule has 1 aliphatic rings. The van der Waals surface area contributed by atoms with Crippen LogP contribution in [-0.2, 0) is 6.42 Å². The number of halogens is 2. The van der Waals surface area contributed by atoms with Crippen LogP contribution in [0.15, 0.2) is 36.4 Å². The van der Waals surface area contributed by atoms with E-state index in [0.29, 0.717) is 18.1 Å². The minimum absolute atomic E-state index is 0.0376. The first kappa shape index (κ1) is 20.8. The van der Waals surface area contributed by atoms with Crippen molar-refractivity contribution in [3.63, 3.8) is 0 Å². The number of hydrogen-bond acceptors (Lipinski definition) is 1. The third-order valence-electron chi connectivity index (χ3n) is 5.99. The molecule has 152 valence electrons. The van der Waals surface area contributed by atoms with Crippen molar-refractivity contribution in [3.05, 3.63) is 64.7 Å². The molecule has 1 aliphatic carbocycles. The highest BCUT2D eigenvalue weighted by Gasteiger charge is 2.27. The molecule has 3 rings (SSSR count). The summed E-state index contributed by atoms with van der Waals surface area (Å²) in [5, 5.41) is 0. The molecule has 3 heteroatoms. The first-order chi connectivity index (χ1) is 13.6. The standard InChI is InChI=1S/C25H32F2O/c1-3-5-17-28-23-16-15-22(24(26)25(23)27)21-13-11-20(12-14-21)19-9-7-18(6-4-2)8-10-19/h7-10,15-16,20-21H,3-6,11-14,17H2,1-2H3. The fourth-order valence-corrected chi connectivity index (χ4v) is 4.28. The maximum atomic E-state index is 14.6. The molecule has 28 heavy (non-hydrogen) atoms. The molecule has 0 saturated heterocycles. The zero-order valence-corrected chi connectivity index (χ0v) is 17.1. The molecule has 0 radical (unpaired) electrons. The highest BCUT2D eigenvalue weighted by atomic mass is 19.2. The molecule has 0 amide bonds. The van der Waals surface area contributed by atoms with Gasteiger partial charge in [0.1, 0.15) is 0 Å². The summed E-state index contributed by atoms with van der Waals surface area (Å²) in [5.74, 6) is -0.898. The predicted octanol–water partition coefficient (Wildman–Crippen LogP) is 7.54. The Balaban J connectivity index is 1.62. The van der Waals surface area contributed by atoms with Gasteiger partial charge in [-0.25, -0.2) is 4.39 Å². The van der Waals surface area contributed by atoms with E-state index >= 15 is 0 Å². The van der Waals surface area contributed by atoms with Crippen LogP contribution in [0.1, 0.15) is 87.3 Å². The zero-order valence-electron chi connectivity index (χ0n) is 17.1. The molecule has 0 atom stereocenters. The molecule has 0 aromatic heterocycles. The van der Waals surface area contributed by atoms with Crippen molar-refractivity contribution in [2.45, 2.75) is 77.0 Å². The summed E-state index contributed by atoms with van der Waals surface area (Å²) in [7, 11) is 0. The van der Waals surface area contributed by atoms with Gasteiger partial charge in [-0.3, -0.25) is 0 Å². The highest BCUT2D eigenvalue weighted by Crippen LogP contribution is 2.42. The molecular formula is C25H32F2O. The number of unbranched alkanes of at least 4 members (excludes halogenated alkanes) is 1. The van der Waals surface area contributed by atoms with E-state index < -0.39 is 11.6 Å². The van der Waals surface area contributed by atoms with Gasteiger partial charge >= 0.3 is 0 Å². The normalized spacial score (nSPS) is 19.6. The van der Waals surface area contributed by atoms with Crippen LogP contribution >= 0.6 is 0 Å². The van der Waals surface area contributed by atoms with Gasteiger partial charge in [-0.2, -0.15) is 4.39 Å². The van der Waals surface area contributed by atoms with Gasteiger partial charge in [0, 0.05) is 0 Å². The summed E-state index contributed by atoms with van der Waals surface area (Å²) in [6.45, 7) is 4.66. The Morgan fingerprint density at radius 2 is 1.50 bits per heavy atom. The van der Waals surface area contributed by atoms with Crippen LogP contribution in [0, 0.1) is 11.6 Å². The summed E-state index contributed by atoms with van der Waals surface area (Å²) in [4.78, 5) is 0. The summed E-state index contributed by atoms with van der Waals surface area (Å²) in [6, 6.07) is 12.3. The van der Waals surface area contributed by atoms with Gasteiger partial charge < -0.3 is 4.74 Å². The van der Waals surface area contributed by atoms with Crippen LogP contribution in [0.3, 0.4) is 0 Å². The van der Waals surface area contributed by atoms with E-state index in [1.54, 1.807) is 12.1 Å². The zero-order chi connectivity index (χ0) is 19.9. The van der Waals surface area contributed by atoms with Crippen molar-refractivity contribution in [2.75, 3.05) is 6.61 Å². The van der Waals surface area contributed by atoms with E-state index in [9.17, 15) is 8.78 Å². The minimum Gasteiger partial charge on any atom is -0.490 e. The second-order valence-electron chi connectivity index (χ2n) is 8.02. The van der Waals surface area contributed by atoms with E-state index in [1.165, 1.54) is 11.1 Å². The maximum absolute atomic E-state index is 14.6. The van der Waals surface area contributed by atoms with Gasteiger partial charge in [-0.05, 0) is 73.1 Å². The maximum Gasteiger partial charge on any atom is 0.200 e. The molecule has 0 spiro atoms. The molecule has 1 saturated carbocycles. The van der Waals surface area contributed by atoms with Crippen LogP contribution in [0.5, 0.6) is 5.75 Å². The summed E-state index contributed by atoms with van der Waals surface area (Å²) < 4.78 is 34.4. The summed E-state index contributed by atoms with van der Waals surface area (Å²) >= 11 is 0. The van der Waals surface area contributed by atoms with Gasteiger partial charge in [-0.15, -0.1) is 0 Å². The van der Waals surface area contributed by atoms with E-state index in [4.69, 9.17) is 4.74 Å². The molecule has 0 N–H and O–H groups in total. The molecule has 2 aromatic rings. The number of aryl methyl sites for hydroxylation is 1. The monoisotopic (exact) mass is 386 g/mol. The molecular weight excluding hydrogens is 354 g/mol.